The predicted molar refractivity (Wildman–Crippen MR) is 102 cm³/mol. The van der Waals surface area contributed by atoms with Gasteiger partial charge in [0.15, 0.2) is 0 Å². The van der Waals surface area contributed by atoms with Gasteiger partial charge in [-0.2, -0.15) is 0 Å². The van der Waals surface area contributed by atoms with E-state index in [1.807, 2.05) is 6.08 Å². The van der Waals surface area contributed by atoms with Crippen molar-refractivity contribution in [2.45, 2.75) is 96.5 Å². The van der Waals surface area contributed by atoms with Gasteiger partial charge in [-0.3, -0.25) is 0 Å². The van der Waals surface area contributed by atoms with E-state index < -0.39 is 0 Å². The maximum absolute atomic E-state index is 10.9. The van der Waals surface area contributed by atoms with Gasteiger partial charge >= 0.3 is 5.97 Å². The Hall–Kier alpha value is -1.09. The van der Waals surface area contributed by atoms with Gasteiger partial charge in [-0.25, -0.2) is 4.79 Å². The molecule has 0 aromatic heterocycles. The molecule has 1 N–H and O–H groups in total. The first kappa shape index (κ1) is 22.9. The van der Waals surface area contributed by atoms with Gasteiger partial charge in [0.2, 0.25) is 0 Å². The number of ether oxygens (including phenoxy) is 1. The molecule has 24 heavy (non-hydrogen) atoms. The average molecular weight is 339 g/mol. The first-order valence-electron chi connectivity index (χ1n) is 9.78. The highest BCUT2D eigenvalue weighted by atomic mass is 16.5. The third-order valence-electron chi connectivity index (χ3n) is 4.16. The van der Waals surface area contributed by atoms with Gasteiger partial charge in [-0.15, -0.1) is 0 Å². The lowest BCUT2D eigenvalue weighted by Gasteiger charge is -2.07. The molecule has 0 radical (unpaired) electrons. The zero-order valence-corrected chi connectivity index (χ0v) is 15.8. The van der Waals surface area contributed by atoms with E-state index in [4.69, 9.17) is 0 Å². The molecule has 0 aliphatic heterocycles. The van der Waals surface area contributed by atoms with Gasteiger partial charge in [0.25, 0.3) is 0 Å². The lowest BCUT2D eigenvalue weighted by atomic mass is 10.1. The maximum Gasteiger partial charge on any atom is 0.330 e. The molecule has 0 spiro atoms. The quantitative estimate of drug-likeness (QED) is 0.169. The molecular formula is C21H38O3. The van der Waals surface area contributed by atoms with Crippen molar-refractivity contribution in [2.75, 3.05) is 7.11 Å². The molecule has 140 valence electrons. The monoisotopic (exact) mass is 338 g/mol. The van der Waals surface area contributed by atoms with Gasteiger partial charge in [0.1, 0.15) is 0 Å². The van der Waals surface area contributed by atoms with Gasteiger partial charge in [-0.1, -0.05) is 70.1 Å². The second kappa shape index (κ2) is 18.3. The van der Waals surface area contributed by atoms with E-state index in [-0.39, 0.29) is 12.1 Å². The Morgan fingerprint density at radius 2 is 1.54 bits per heavy atom. The van der Waals surface area contributed by atoms with E-state index in [2.05, 4.69) is 23.8 Å². The third-order valence-corrected chi connectivity index (χ3v) is 4.16. The number of esters is 1. The predicted octanol–water partition coefficient (Wildman–Crippen LogP) is 5.72. The van der Waals surface area contributed by atoms with Crippen molar-refractivity contribution in [3.05, 3.63) is 24.3 Å². The van der Waals surface area contributed by atoms with E-state index >= 15 is 0 Å². The molecule has 3 nitrogen and oxygen atoms in total. The first-order chi connectivity index (χ1) is 11.7. The van der Waals surface area contributed by atoms with Crippen LogP contribution in [0.4, 0.5) is 0 Å². The Kier molecular flexibility index (Phi) is 17.4. The number of carbonyl (C=O) groups is 1. The second-order valence-corrected chi connectivity index (χ2v) is 6.48. The standard InChI is InChI=1S/C21H38O3/c1-3-4-5-14-17-20(22)18-15-12-10-8-6-7-9-11-13-16-19-21(23)24-2/h12,15-16,19-20,22H,3-11,13-14,17-18H2,1-2H3/b15-12-,19-16+/t20-/m1/s1. The number of aliphatic hydroxyl groups is 1. The Morgan fingerprint density at radius 1 is 0.917 bits per heavy atom. The zero-order valence-electron chi connectivity index (χ0n) is 15.8. The summed E-state index contributed by atoms with van der Waals surface area (Å²) in [5, 5.41) is 9.86. The second-order valence-electron chi connectivity index (χ2n) is 6.48. The number of hydrogen-bond acceptors (Lipinski definition) is 3. The Morgan fingerprint density at radius 3 is 2.21 bits per heavy atom. The molecular weight excluding hydrogens is 300 g/mol. The fourth-order valence-corrected chi connectivity index (χ4v) is 2.60. The highest BCUT2D eigenvalue weighted by Crippen LogP contribution is 2.10. The van der Waals surface area contributed by atoms with Crippen molar-refractivity contribution < 1.29 is 14.6 Å². The molecule has 3 heteroatoms. The van der Waals surface area contributed by atoms with E-state index in [0.717, 1.165) is 38.5 Å². The molecule has 0 aliphatic carbocycles. The van der Waals surface area contributed by atoms with Crippen LogP contribution >= 0.6 is 0 Å². The van der Waals surface area contributed by atoms with Gasteiger partial charge in [0.05, 0.1) is 13.2 Å². The molecule has 0 rings (SSSR count). The number of methoxy groups -OCH3 is 1. The van der Waals surface area contributed by atoms with Gasteiger partial charge in [0, 0.05) is 6.08 Å². The Labute approximate surface area is 149 Å². The van der Waals surface area contributed by atoms with Gasteiger partial charge in [-0.05, 0) is 38.5 Å². The molecule has 0 bridgehead atoms. The summed E-state index contributed by atoms with van der Waals surface area (Å²) >= 11 is 0. The van der Waals surface area contributed by atoms with E-state index in [9.17, 15) is 9.90 Å². The van der Waals surface area contributed by atoms with Crippen molar-refractivity contribution in [3.8, 4) is 0 Å². The minimum Gasteiger partial charge on any atom is -0.466 e. The fourth-order valence-electron chi connectivity index (χ4n) is 2.60. The summed E-state index contributed by atoms with van der Waals surface area (Å²) < 4.78 is 4.54. The number of carbonyl (C=O) groups excluding carboxylic acids is 1. The molecule has 0 fully saturated rings. The van der Waals surface area contributed by atoms with Crippen molar-refractivity contribution in [3.63, 3.8) is 0 Å². The molecule has 0 saturated heterocycles. The van der Waals surface area contributed by atoms with Crippen LogP contribution in [0.3, 0.4) is 0 Å². The maximum atomic E-state index is 10.9. The SMILES string of the molecule is CCCCCC[C@@H](O)C/C=C\CCCCCCC/C=C/C(=O)OC. The molecule has 0 saturated carbocycles. The summed E-state index contributed by atoms with van der Waals surface area (Å²) in [6.45, 7) is 2.21. The summed E-state index contributed by atoms with van der Waals surface area (Å²) in [6.07, 6.45) is 22.4. The molecule has 0 heterocycles. The number of unbranched alkanes of at least 4 members (excludes halogenated alkanes) is 9. The third kappa shape index (κ3) is 17.3. The zero-order chi connectivity index (χ0) is 17.9. The van der Waals surface area contributed by atoms with Crippen LogP contribution < -0.4 is 0 Å². The average Bonchev–Trinajstić information content (AvgIpc) is 2.59. The number of hydrogen-bond donors (Lipinski definition) is 1. The van der Waals surface area contributed by atoms with Crippen molar-refractivity contribution in [1.29, 1.82) is 0 Å². The smallest absolute Gasteiger partial charge is 0.330 e. The first-order valence-corrected chi connectivity index (χ1v) is 9.78. The summed E-state index contributed by atoms with van der Waals surface area (Å²) in [5.74, 6) is -0.270. The fraction of sp³-hybridized carbons (Fsp3) is 0.762. The van der Waals surface area contributed by atoms with E-state index in [0.29, 0.717) is 0 Å². The largest absolute Gasteiger partial charge is 0.466 e. The van der Waals surface area contributed by atoms with Crippen LogP contribution in [0.2, 0.25) is 0 Å². The lowest BCUT2D eigenvalue weighted by Crippen LogP contribution is -2.04. The van der Waals surface area contributed by atoms with Crippen LogP contribution in [0.15, 0.2) is 24.3 Å². The van der Waals surface area contributed by atoms with E-state index in [1.165, 1.54) is 58.1 Å². The van der Waals surface area contributed by atoms with Crippen LogP contribution in [0.1, 0.15) is 90.4 Å². The summed E-state index contributed by atoms with van der Waals surface area (Å²) in [7, 11) is 1.40. The van der Waals surface area contributed by atoms with Crippen molar-refractivity contribution >= 4 is 5.97 Å². The molecule has 0 amide bonds. The molecule has 0 aromatic carbocycles. The highest BCUT2D eigenvalue weighted by Gasteiger charge is 2.00. The lowest BCUT2D eigenvalue weighted by molar-refractivity contribution is -0.134. The number of rotatable bonds is 16. The number of aliphatic hydroxyl groups excluding tert-OH is 1. The summed E-state index contributed by atoms with van der Waals surface area (Å²) in [5.41, 5.74) is 0. The van der Waals surface area contributed by atoms with Crippen LogP contribution in [-0.2, 0) is 9.53 Å². The molecule has 0 aromatic rings. The molecule has 0 aliphatic rings. The topological polar surface area (TPSA) is 46.5 Å². The van der Waals surface area contributed by atoms with Crippen molar-refractivity contribution in [1.82, 2.24) is 0 Å². The molecule has 1 atom stereocenters. The normalized spacial score (nSPS) is 13.0. The minimum atomic E-state index is -0.270. The van der Waals surface area contributed by atoms with Crippen LogP contribution in [0.5, 0.6) is 0 Å². The van der Waals surface area contributed by atoms with Crippen molar-refractivity contribution in [2.24, 2.45) is 0 Å². The highest BCUT2D eigenvalue weighted by molar-refractivity contribution is 5.81. The van der Waals surface area contributed by atoms with Crippen LogP contribution in [0, 0.1) is 0 Å². The van der Waals surface area contributed by atoms with Crippen LogP contribution in [-0.4, -0.2) is 24.3 Å². The summed E-state index contributed by atoms with van der Waals surface area (Å²) in [4.78, 5) is 10.9. The Bertz CT molecular complexity index is 334. The van der Waals surface area contributed by atoms with Gasteiger partial charge < -0.3 is 9.84 Å². The van der Waals surface area contributed by atoms with E-state index in [1.54, 1.807) is 0 Å². The summed E-state index contributed by atoms with van der Waals surface area (Å²) in [6, 6.07) is 0. The number of allylic oxidation sites excluding steroid dienone is 2. The van der Waals surface area contributed by atoms with Crippen LogP contribution in [0.25, 0.3) is 0 Å². The molecule has 0 unspecified atom stereocenters. The minimum absolute atomic E-state index is 0.156. The Balaban J connectivity index is 3.31.